The molecule has 2 N–H and O–H groups in total. The van der Waals surface area contributed by atoms with Gasteiger partial charge in [0.25, 0.3) is 5.91 Å². The maximum absolute atomic E-state index is 12.6. The lowest BCUT2D eigenvalue weighted by atomic mass is 10.1. The van der Waals surface area contributed by atoms with Gasteiger partial charge in [-0.3, -0.25) is 4.79 Å². The third-order valence-electron chi connectivity index (χ3n) is 4.18. The van der Waals surface area contributed by atoms with Crippen LogP contribution >= 0.6 is 0 Å². The van der Waals surface area contributed by atoms with E-state index >= 15 is 0 Å². The largest absolute Gasteiger partial charge is 0.497 e. The van der Waals surface area contributed by atoms with Gasteiger partial charge in [0.2, 0.25) is 5.95 Å². The lowest BCUT2D eigenvalue weighted by Crippen LogP contribution is -2.24. The van der Waals surface area contributed by atoms with Gasteiger partial charge in [-0.1, -0.05) is 18.2 Å². The van der Waals surface area contributed by atoms with E-state index < -0.39 is 0 Å². The van der Waals surface area contributed by atoms with Crippen LogP contribution in [0.5, 0.6) is 5.75 Å². The van der Waals surface area contributed by atoms with Gasteiger partial charge in [0.15, 0.2) is 0 Å². The number of nitrogens with zero attached hydrogens (tertiary/aromatic N) is 2. The van der Waals surface area contributed by atoms with Crippen LogP contribution in [0.1, 0.15) is 32.9 Å². The van der Waals surface area contributed by atoms with E-state index in [1.54, 1.807) is 13.2 Å². The number of aryl methyl sites for hydroxylation is 3. The van der Waals surface area contributed by atoms with Crippen LogP contribution in [0, 0.1) is 20.8 Å². The predicted octanol–water partition coefficient (Wildman–Crippen LogP) is 4.08. The third kappa shape index (κ3) is 5.07. The minimum absolute atomic E-state index is 0.246. The number of amides is 1. The minimum Gasteiger partial charge on any atom is -0.497 e. The predicted molar refractivity (Wildman–Crippen MR) is 110 cm³/mol. The summed E-state index contributed by atoms with van der Waals surface area (Å²) in [4.78, 5) is 21.3. The SMILES string of the molecule is COc1ccc(CNC(=O)c2cc(C)nc(Nc3cc(C)cc(C)c3)n2)cc1. The van der Waals surface area contributed by atoms with Crippen LogP contribution < -0.4 is 15.4 Å². The Morgan fingerprint density at radius 1 is 0.964 bits per heavy atom. The zero-order valence-corrected chi connectivity index (χ0v) is 16.5. The van der Waals surface area contributed by atoms with Crippen molar-refractivity contribution in [1.82, 2.24) is 15.3 Å². The van der Waals surface area contributed by atoms with Crippen molar-refractivity contribution >= 4 is 17.5 Å². The molecule has 0 saturated carbocycles. The Hall–Kier alpha value is -3.41. The molecule has 0 saturated heterocycles. The summed E-state index contributed by atoms with van der Waals surface area (Å²) in [5.41, 5.74) is 5.21. The number of benzene rings is 2. The van der Waals surface area contributed by atoms with E-state index in [4.69, 9.17) is 4.74 Å². The quantitative estimate of drug-likeness (QED) is 0.678. The lowest BCUT2D eigenvalue weighted by Gasteiger charge is -2.10. The highest BCUT2D eigenvalue weighted by molar-refractivity contribution is 5.92. The van der Waals surface area contributed by atoms with Gasteiger partial charge in [-0.05, 0) is 67.8 Å². The average molecular weight is 376 g/mol. The third-order valence-corrected chi connectivity index (χ3v) is 4.18. The Morgan fingerprint density at radius 3 is 2.29 bits per heavy atom. The highest BCUT2D eigenvalue weighted by atomic mass is 16.5. The van der Waals surface area contributed by atoms with Crippen LogP contribution in [-0.2, 0) is 6.54 Å². The molecule has 0 unspecified atom stereocenters. The van der Waals surface area contributed by atoms with Crippen molar-refractivity contribution in [2.75, 3.05) is 12.4 Å². The molecule has 0 bridgehead atoms. The standard InChI is InChI=1S/C22H24N4O2/c1-14-9-15(2)11-18(10-14)25-22-24-16(3)12-20(26-22)21(27)23-13-17-5-7-19(28-4)8-6-17/h5-12H,13H2,1-4H3,(H,23,27)(H,24,25,26). The van der Waals surface area contributed by atoms with Gasteiger partial charge in [-0.15, -0.1) is 0 Å². The zero-order chi connectivity index (χ0) is 20.1. The van der Waals surface area contributed by atoms with Crippen molar-refractivity contribution in [2.45, 2.75) is 27.3 Å². The molecule has 28 heavy (non-hydrogen) atoms. The fourth-order valence-corrected chi connectivity index (χ4v) is 2.93. The summed E-state index contributed by atoms with van der Waals surface area (Å²) < 4.78 is 5.14. The van der Waals surface area contributed by atoms with Crippen molar-refractivity contribution in [1.29, 1.82) is 0 Å². The molecular weight excluding hydrogens is 352 g/mol. The second-order valence-corrected chi connectivity index (χ2v) is 6.75. The number of rotatable bonds is 6. The molecule has 6 heteroatoms. The Kier molecular flexibility index (Phi) is 5.89. The molecule has 0 radical (unpaired) electrons. The van der Waals surface area contributed by atoms with Gasteiger partial charge in [0, 0.05) is 17.9 Å². The molecular formula is C22H24N4O2. The summed E-state index contributed by atoms with van der Waals surface area (Å²) in [6.07, 6.45) is 0. The first-order valence-corrected chi connectivity index (χ1v) is 9.05. The van der Waals surface area contributed by atoms with Crippen molar-refractivity contribution < 1.29 is 9.53 Å². The molecule has 1 heterocycles. The average Bonchev–Trinajstić information content (AvgIpc) is 2.65. The molecule has 0 fully saturated rings. The maximum Gasteiger partial charge on any atom is 0.270 e. The molecule has 1 amide bonds. The van der Waals surface area contributed by atoms with Gasteiger partial charge >= 0.3 is 0 Å². The Morgan fingerprint density at radius 2 is 1.64 bits per heavy atom. The first kappa shape index (κ1) is 19.4. The van der Waals surface area contributed by atoms with E-state index in [9.17, 15) is 4.79 Å². The smallest absolute Gasteiger partial charge is 0.270 e. The molecule has 3 rings (SSSR count). The van der Waals surface area contributed by atoms with Crippen molar-refractivity contribution in [3.05, 3.63) is 76.6 Å². The van der Waals surface area contributed by atoms with E-state index in [-0.39, 0.29) is 5.91 Å². The van der Waals surface area contributed by atoms with E-state index in [0.717, 1.165) is 33.8 Å². The summed E-state index contributed by atoms with van der Waals surface area (Å²) in [6.45, 7) is 6.32. The van der Waals surface area contributed by atoms with E-state index in [2.05, 4.69) is 26.7 Å². The zero-order valence-electron chi connectivity index (χ0n) is 16.5. The van der Waals surface area contributed by atoms with Crippen LogP contribution in [0.3, 0.4) is 0 Å². The number of carbonyl (C=O) groups excluding carboxylic acids is 1. The van der Waals surface area contributed by atoms with E-state index in [1.807, 2.05) is 57.2 Å². The van der Waals surface area contributed by atoms with Crippen molar-refractivity contribution in [3.8, 4) is 5.75 Å². The molecule has 0 spiro atoms. The van der Waals surface area contributed by atoms with Gasteiger partial charge in [0.1, 0.15) is 11.4 Å². The number of hydrogen-bond acceptors (Lipinski definition) is 5. The molecule has 144 valence electrons. The number of hydrogen-bond donors (Lipinski definition) is 2. The summed E-state index contributed by atoms with van der Waals surface area (Å²) in [5.74, 6) is 0.938. The lowest BCUT2D eigenvalue weighted by molar-refractivity contribution is 0.0945. The molecule has 6 nitrogen and oxygen atoms in total. The van der Waals surface area contributed by atoms with Gasteiger partial charge in [-0.25, -0.2) is 9.97 Å². The van der Waals surface area contributed by atoms with E-state index in [0.29, 0.717) is 18.2 Å². The topological polar surface area (TPSA) is 76.1 Å². The number of aromatic nitrogens is 2. The molecule has 0 aliphatic rings. The van der Waals surface area contributed by atoms with Gasteiger partial charge in [0.05, 0.1) is 7.11 Å². The number of anilines is 2. The number of carbonyl (C=O) groups is 1. The number of ether oxygens (including phenoxy) is 1. The first-order chi connectivity index (χ1) is 13.4. The highest BCUT2D eigenvalue weighted by Crippen LogP contribution is 2.18. The minimum atomic E-state index is -0.246. The molecule has 0 aliphatic carbocycles. The summed E-state index contributed by atoms with van der Waals surface area (Å²) in [5, 5.41) is 6.08. The number of nitrogens with one attached hydrogen (secondary N) is 2. The molecule has 3 aromatic rings. The van der Waals surface area contributed by atoms with Crippen LogP contribution in [0.4, 0.5) is 11.6 Å². The van der Waals surface area contributed by atoms with Crippen LogP contribution in [0.15, 0.2) is 48.5 Å². The molecule has 0 atom stereocenters. The van der Waals surface area contributed by atoms with Crippen LogP contribution in [0.2, 0.25) is 0 Å². The normalized spacial score (nSPS) is 10.4. The highest BCUT2D eigenvalue weighted by Gasteiger charge is 2.11. The second kappa shape index (κ2) is 8.52. The Bertz CT molecular complexity index is 964. The Labute approximate surface area is 165 Å². The monoisotopic (exact) mass is 376 g/mol. The van der Waals surface area contributed by atoms with Crippen molar-refractivity contribution in [3.63, 3.8) is 0 Å². The summed E-state index contributed by atoms with van der Waals surface area (Å²) in [7, 11) is 1.62. The second-order valence-electron chi connectivity index (χ2n) is 6.75. The van der Waals surface area contributed by atoms with Crippen molar-refractivity contribution in [2.24, 2.45) is 0 Å². The fourth-order valence-electron chi connectivity index (χ4n) is 2.93. The summed E-state index contributed by atoms with van der Waals surface area (Å²) in [6, 6.07) is 15.4. The van der Waals surface area contributed by atoms with Gasteiger partial charge in [-0.2, -0.15) is 0 Å². The molecule has 2 aromatic carbocycles. The maximum atomic E-state index is 12.6. The Balaban J connectivity index is 1.71. The molecule has 0 aliphatic heterocycles. The number of methoxy groups -OCH3 is 1. The van der Waals surface area contributed by atoms with Crippen LogP contribution in [-0.4, -0.2) is 23.0 Å². The fraction of sp³-hybridized carbons (Fsp3) is 0.227. The molecule has 1 aromatic heterocycles. The van der Waals surface area contributed by atoms with Crippen LogP contribution in [0.25, 0.3) is 0 Å². The first-order valence-electron chi connectivity index (χ1n) is 9.05. The van der Waals surface area contributed by atoms with Gasteiger partial charge < -0.3 is 15.4 Å². The van der Waals surface area contributed by atoms with E-state index in [1.165, 1.54) is 0 Å². The summed E-state index contributed by atoms with van der Waals surface area (Å²) >= 11 is 0.